The van der Waals surface area contributed by atoms with E-state index in [-0.39, 0.29) is 40.3 Å². The number of hydrogen-bond donors (Lipinski definition) is 1. The van der Waals surface area contributed by atoms with E-state index in [1.165, 1.54) is 46.6 Å². The molecule has 9 nitrogen and oxygen atoms in total. The number of ether oxygens (including phenoxy) is 3. The van der Waals surface area contributed by atoms with Gasteiger partial charge in [-0.3, -0.25) is 14.2 Å². The standard InChI is InChI=1S/C22H20N2O7/c1-12-15(10-23)21(26)24(11-14-6-5-7-31-14)22(27)18(12)19(25)13-8-16(28-2)20(30-4)17(9-13)29-3/h5-9,27H,11H2,1-4H3. The number of rotatable bonds is 7. The van der Waals surface area contributed by atoms with Gasteiger partial charge in [0.05, 0.1) is 39.7 Å². The molecule has 0 atom stereocenters. The van der Waals surface area contributed by atoms with E-state index in [1.54, 1.807) is 12.1 Å². The van der Waals surface area contributed by atoms with Crippen LogP contribution in [0.2, 0.25) is 0 Å². The summed E-state index contributed by atoms with van der Waals surface area (Å²) in [6, 6.07) is 7.91. The lowest BCUT2D eigenvalue weighted by atomic mass is 9.96. The largest absolute Gasteiger partial charge is 0.494 e. The van der Waals surface area contributed by atoms with Gasteiger partial charge in [0.25, 0.3) is 5.56 Å². The average molecular weight is 424 g/mol. The number of benzene rings is 1. The molecule has 3 rings (SSSR count). The number of pyridine rings is 1. The van der Waals surface area contributed by atoms with Crippen molar-refractivity contribution in [2.24, 2.45) is 0 Å². The Bertz CT molecular complexity index is 1210. The van der Waals surface area contributed by atoms with E-state index in [1.807, 2.05) is 6.07 Å². The third-order valence-electron chi connectivity index (χ3n) is 4.85. The first-order chi connectivity index (χ1) is 14.9. The van der Waals surface area contributed by atoms with Crippen LogP contribution < -0.4 is 19.8 Å². The molecule has 1 aromatic carbocycles. The molecule has 0 spiro atoms. The molecule has 0 saturated heterocycles. The number of nitriles is 1. The van der Waals surface area contributed by atoms with Gasteiger partial charge >= 0.3 is 0 Å². The van der Waals surface area contributed by atoms with Crippen molar-refractivity contribution in [1.82, 2.24) is 4.57 Å². The van der Waals surface area contributed by atoms with Crippen molar-refractivity contribution in [1.29, 1.82) is 5.26 Å². The number of aromatic hydroxyl groups is 1. The molecule has 0 aliphatic carbocycles. The van der Waals surface area contributed by atoms with Gasteiger partial charge in [-0.15, -0.1) is 0 Å². The first-order valence-electron chi connectivity index (χ1n) is 9.11. The number of methoxy groups -OCH3 is 3. The summed E-state index contributed by atoms with van der Waals surface area (Å²) in [6.07, 6.45) is 1.42. The Balaban J connectivity index is 2.24. The topological polar surface area (TPSA) is 124 Å². The van der Waals surface area contributed by atoms with E-state index < -0.39 is 17.2 Å². The lowest BCUT2D eigenvalue weighted by Gasteiger charge is -2.17. The Labute approximate surface area is 177 Å². The Morgan fingerprint density at radius 1 is 1.19 bits per heavy atom. The lowest BCUT2D eigenvalue weighted by molar-refractivity contribution is 0.103. The van der Waals surface area contributed by atoms with E-state index in [2.05, 4.69) is 0 Å². The van der Waals surface area contributed by atoms with Crippen LogP contribution in [0.3, 0.4) is 0 Å². The quantitative estimate of drug-likeness (QED) is 0.574. The minimum absolute atomic E-state index is 0.0689. The van der Waals surface area contributed by atoms with Gasteiger partial charge in [0, 0.05) is 5.56 Å². The van der Waals surface area contributed by atoms with E-state index in [9.17, 15) is 20.0 Å². The van der Waals surface area contributed by atoms with Crippen LogP contribution >= 0.6 is 0 Å². The SMILES string of the molecule is COc1cc(C(=O)c2c(C)c(C#N)c(=O)n(Cc3ccco3)c2O)cc(OC)c1OC. The summed E-state index contributed by atoms with van der Waals surface area (Å²) in [5.41, 5.74) is -0.980. The van der Waals surface area contributed by atoms with Gasteiger partial charge in [-0.1, -0.05) is 0 Å². The molecule has 31 heavy (non-hydrogen) atoms. The third kappa shape index (κ3) is 3.71. The van der Waals surface area contributed by atoms with E-state index >= 15 is 0 Å². The van der Waals surface area contributed by atoms with Crippen molar-refractivity contribution in [3.8, 4) is 29.2 Å². The van der Waals surface area contributed by atoms with E-state index in [4.69, 9.17) is 18.6 Å². The number of carbonyl (C=O) groups is 1. The number of ketones is 1. The number of aromatic nitrogens is 1. The van der Waals surface area contributed by atoms with Gasteiger partial charge in [0.15, 0.2) is 17.3 Å². The summed E-state index contributed by atoms with van der Waals surface area (Å²) in [5, 5.41) is 20.4. The number of hydrogen-bond acceptors (Lipinski definition) is 8. The summed E-state index contributed by atoms with van der Waals surface area (Å²) in [5.74, 6) is -0.0477. The molecule has 0 bridgehead atoms. The zero-order valence-electron chi connectivity index (χ0n) is 17.4. The highest BCUT2D eigenvalue weighted by Crippen LogP contribution is 2.39. The highest BCUT2D eigenvalue weighted by molar-refractivity contribution is 6.12. The van der Waals surface area contributed by atoms with Crippen molar-refractivity contribution >= 4 is 5.78 Å². The molecule has 0 amide bonds. The molecule has 0 aliphatic rings. The van der Waals surface area contributed by atoms with Crippen LogP contribution in [0.25, 0.3) is 0 Å². The minimum atomic E-state index is -0.727. The van der Waals surface area contributed by atoms with E-state index in [0.29, 0.717) is 11.5 Å². The van der Waals surface area contributed by atoms with E-state index in [0.717, 1.165) is 4.57 Å². The summed E-state index contributed by atoms with van der Waals surface area (Å²) < 4.78 is 22.0. The third-order valence-corrected chi connectivity index (χ3v) is 4.85. The van der Waals surface area contributed by atoms with Gasteiger partial charge in [-0.25, -0.2) is 0 Å². The molecule has 160 valence electrons. The normalized spacial score (nSPS) is 10.4. The van der Waals surface area contributed by atoms with Crippen molar-refractivity contribution in [2.45, 2.75) is 13.5 Å². The van der Waals surface area contributed by atoms with Gasteiger partial charge < -0.3 is 23.7 Å². The van der Waals surface area contributed by atoms with Crippen molar-refractivity contribution in [3.63, 3.8) is 0 Å². The van der Waals surface area contributed by atoms with Gasteiger partial charge in [0.2, 0.25) is 11.6 Å². The maximum absolute atomic E-state index is 13.4. The summed E-state index contributed by atoms with van der Waals surface area (Å²) in [4.78, 5) is 26.1. The van der Waals surface area contributed by atoms with Crippen molar-refractivity contribution in [2.75, 3.05) is 21.3 Å². The summed E-state index contributed by atoms with van der Waals surface area (Å²) in [7, 11) is 4.25. The molecule has 2 aromatic heterocycles. The molecule has 9 heteroatoms. The number of furan rings is 1. The fraction of sp³-hybridized carbons (Fsp3) is 0.227. The molecule has 1 N–H and O–H groups in total. The van der Waals surface area contributed by atoms with Crippen LogP contribution in [0.1, 0.15) is 32.8 Å². The molecule has 2 heterocycles. The maximum atomic E-state index is 13.4. The fourth-order valence-electron chi connectivity index (χ4n) is 3.28. The molecular weight excluding hydrogens is 404 g/mol. The molecule has 0 radical (unpaired) electrons. The zero-order valence-corrected chi connectivity index (χ0v) is 17.4. The van der Waals surface area contributed by atoms with Crippen molar-refractivity contribution < 1.29 is 28.5 Å². The molecule has 3 aromatic rings. The zero-order chi connectivity index (χ0) is 22.7. The molecule has 0 aliphatic heterocycles. The Morgan fingerprint density at radius 2 is 1.84 bits per heavy atom. The van der Waals surface area contributed by atoms with Gasteiger partial charge in [0.1, 0.15) is 17.4 Å². The molecule has 0 unspecified atom stereocenters. The average Bonchev–Trinajstić information content (AvgIpc) is 3.29. The number of nitrogens with zero attached hydrogens (tertiary/aromatic N) is 2. The Kier molecular flexibility index (Phi) is 6.02. The van der Waals surface area contributed by atoms with Gasteiger partial charge in [-0.2, -0.15) is 5.26 Å². The first-order valence-corrected chi connectivity index (χ1v) is 9.11. The Morgan fingerprint density at radius 3 is 2.32 bits per heavy atom. The molecule has 0 fully saturated rings. The fourth-order valence-corrected chi connectivity index (χ4v) is 3.28. The van der Waals surface area contributed by atoms with Crippen molar-refractivity contribution in [3.05, 3.63) is 68.9 Å². The second-order valence-corrected chi connectivity index (χ2v) is 6.52. The van der Waals surface area contributed by atoms with Gasteiger partial charge in [-0.05, 0) is 36.8 Å². The number of carbonyl (C=O) groups excluding carboxylic acids is 1. The second kappa shape index (κ2) is 8.67. The highest BCUT2D eigenvalue weighted by Gasteiger charge is 2.27. The monoisotopic (exact) mass is 424 g/mol. The van der Waals surface area contributed by atoms with Crippen LogP contribution in [0.5, 0.6) is 23.1 Å². The highest BCUT2D eigenvalue weighted by atomic mass is 16.5. The lowest BCUT2D eigenvalue weighted by Crippen LogP contribution is -2.27. The maximum Gasteiger partial charge on any atom is 0.271 e. The van der Waals surface area contributed by atoms with Crippen LogP contribution in [0.4, 0.5) is 0 Å². The second-order valence-electron chi connectivity index (χ2n) is 6.52. The predicted molar refractivity (Wildman–Crippen MR) is 109 cm³/mol. The summed E-state index contributed by atoms with van der Waals surface area (Å²) in [6.45, 7) is 1.28. The summed E-state index contributed by atoms with van der Waals surface area (Å²) >= 11 is 0. The van der Waals surface area contributed by atoms with Crippen LogP contribution in [-0.2, 0) is 6.54 Å². The molecule has 0 saturated carbocycles. The van der Waals surface area contributed by atoms with Crippen LogP contribution in [-0.4, -0.2) is 36.8 Å². The van der Waals surface area contributed by atoms with Crippen LogP contribution in [0, 0.1) is 18.3 Å². The predicted octanol–water partition coefficient (Wildman–Crippen LogP) is 2.63. The smallest absolute Gasteiger partial charge is 0.271 e. The minimum Gasteiger partial charge on any atom is -0.494 e. The van der Waals surface area contributed by atoms with Crippen LogP contribution in [0.15, 0.2) is 39.7 Å². The Hall–Kier alpha value is -4.19. The molecular formula is C22H20N2O7. The first kappa shape index (κ1) is 21.5.